The van der Waals surface area contributed by atoms with Gasteiger partial charge in [-0.25, -0.2) is 0 Å². The third-order valence-corrected chi connectivity index (χ3v) is 3.81. The molecular formula is C17H18N2O6. The quantitative estimate of drug-likeness (QED) is 0.495. The van der Waals surface area contributed by atoms with Crippen LogP contribution in [-0.4, -0.2) is 66.8 Å². The molecule has 0 radical (unpaired) electrons. The van der Waals surface area contributed by atoms with Crippen LogP contribution in [0.15, 0.2) is 18.2 Å². The van der Waals surface area contributed by atoms with E-state index in [0.29, 0.717) is 12.6 Å². The number of likely N-dealkylation sites (N-methyl/N-ethyl adjacent to an activating group) is 1. The third kappa shape index (κ3) is 3.42. The Kier molecular flexibility index (Phi) is 5.63. The van der Waals surface area contributed by atoms with Crippen molar-refractivity contribution >= 4 is 30.3 Å². The minimum absolute atomic E-state index is 0.0250. The van der Waals surface area contributed by atoms with E-state index in [1.165, 1.54) is 37.2 Å². The van der Waals surface area contributed by atoms with Crippen LogP contribution in [0, 0.1) is 0 Å². The number of hydrogen-bond donors (Lipinski definition) is 0. The number of carbonyl (C=O) groups is 5. The maximum atomic E-state index is 12.8. The monoisotopic (exact) mass is 346 g/mol. The predicted molar refractivity (Wildman–Crippen MR) is 86.3 cm³/mol. The number of benzene rings is 1. The maximum Gasteiger partial charge on any atom is 0.266 e. The Bertz CT molecular complexity index is 728. The second kappa shape index (κ2) is 7.69. The Morgan fingerprint density at radius 1 is 1.20 bits per heavy atom. The molecule has 1 aromatic carbocycles. The van der Waals surface area contributed by atoms with Gasteiger partial charge in [0.2, 0.25) is 5.91 Å². The zero-order valence-corrected chi connectivity index (χ0v) is 13.9. The van der Waals surface area contributed by atoms with Crippen molar-refractivity contribution in [1.29, 1.82) is 0 Å². The molecule has 1 heterocycles. The molecule has 2 rings (SSSR count). The van der Waals surface area contributed by atoms with Crippen LogP contribution in [-0.2, 0) is 14.4 Å². The first-order valence-electron chi connectivity index (χ1n) is 7.66. The average molecular weight is 346 g/mol. The number of aldehydes is 2. The van der Waals surface area contributed by atoms with Crippen molar-refractivity contribution in [2.24, 2.45) is 0 Å². The van der Waals surface area contributed by atoms with Crippen molar-refractivity contribution in [2.75, 3.05) is 20.7 Å². The first kappa shape index (κ1) is 18.3. The molecule has 0 spiro atoms. The molecule has 0 N–H and O–H groups in total. The molecule has 1 aromatic rings. The van der Waals surface area contributed by atoms with Gasteiger partial charge >= 0.3 is 0 Å². The molecule has 0 saturated heterocycles. The number of nitrogens with zero attached hydrogens (tertiary/aromatic N) is 2. The second-order valence-corrected chi connectivity index (χ2v) is 5.63. The molecule has 1 unspecified atom stereocenters. The van der Waals surface area contributed by atoms with Crippen LogP contribution in [0.2, 0.25) is 0 Å². The Balaban J connectivity index is 2.43. The van der Waals surface area contributed by atoms with E-state index in [4.69, 9.17) is 4.74 Å². The molecule has 0 bridgehead atoms. The number of carbonyl (C=O) groups excluding carboxylic acids is 5. The molecule has 0 aliphatic carbocycles. The van der Waals surface area contributed by atoms with Crippen molar-refractivity contribution < 1.29 is 28.7 Å². The predicted octanol–water partition coefficient (Wildman–Crippen LogP) is 0.296. The fourth-order valence-electron chi connectivity index (χ4n) is 2.69. The number of amides is 3. The van der Waals surface area contributed by atoms with Gasteiger partial charge in [-0.2, -0.15) is 0 Å². The van der Waals surface area contributed by atoms with E-state index in [2.05, 4.69) is 0 Å². The molecule has 25 heavy (non-hydrogen) atoms. The summed E-state index contributed by atoms with van der Waals surface area (Å²) in [5.41, 5.74) is 0.132. The third-order valence-electron chi connectivity index (χ3n) is 3.81. The van der Waals surface area contributed by atoms with Gasteiger partial charge in [0, 0.05) is 20.5 Å². The molecule has 1 aliphatic heterocycles. The summed E-state index contributed by atoms with van der Waals surface area (Å²) in [4.78, 5) is 61.3. The number of ether oxygens (including phenoxy) is 1. The van der Waals surface area contributed by atoms with Crippen LogP contribution >= 0.6 is 0 Å². The van der Waals surface area contributed by atoms with Gasteiger partial charge in [-0.3, -0.25) is 24.1 Å². The van der Waals surface area contributed by atoms with Crippen LogP contribution in [0.5, 0.6) is 5.75 Å². The lowest BCUT2D eigenvalue weighted by molar-refractivity contribution is -0.133. The Labute approximate surface area is 144 Å². The first-order valence-corrected chi connectivity index (χ1v) is 7.66. The van der Waals surface area contributed by atoms with Crippen molar-refractivity contribution in [1.82, 2.24) is 9.80 Å². The van der Waals surface area contributed by atoms with Crippen LogP contribution in [0.25, 0.3) is 0 Å². The van der Waals surface area contributed by atoms with Crippen LogP contribution in [0.3, 0.4) is 0 Å². The summed E-state index contributed by atoms with van der Waals surface area (Å²) in [6.45, 7) is -0.261. The van der Waals surface area contributed by atoms with E-state index in [1.54, 1.807) is 0 Å². The number of imide groups is 1. The van der Waals surface area contributed by atoms with Gasteiger partial charge < -0.3 is 14.4 Å². The molecular weight excluding hydrogens is 328 g/mol. The highest BCUT2D eigenvalue weighted by Crippen LogP contribution is 2.33. The smallest absolute Gasteiger partial charge is 0.266 e. The first-order chi connectivity index (χ1) is 11.9. The van der Waals surface area contributed by atoms with E-state index in [9.17, 15) is 24.0 Å². The molecule has 132 valence electrons. The normalized spacial score (nSPS) is 14.1. The van der Waals surface area contributed by atoms with Crippen molar-refractivity contribution in [3.05, 3.63) is 29.3 Å². The number of fused-ring (bicyclic) bond motifs is 1. The molecule has 8 nitrogen and oxygen atoms in total. The lowest BCUT2D eigenvalue weighted by Crippen LogP contribution is -2.49. The lowest BCUT2D eigenvalue weighted by Gasteiger charge is -2.27. The molecule has 8 heteroatoms. The molecule has 1 atom stereocenters. The molecule has 1 aliphatic rings. The summed E-state index contributed by atoms with van der Waals surface area (Å²) >= 11 is 0. The number of rotatable bonds is 8. The second-order valence-electron chi connectivity index (χ2n) is 5.63. The highest BCUT2D eigenvalue weighted by atomic mass is 16.5. The molecule has 0 fully saturated rings. The van der Waals surface area contributed by atoms with E-state index in [-0.39, 0.29) is 36.3 Å². The summed E-state index contributed by atoms with van der Waals surface area (Å²) in [6.07, 6.45) is 1.23. The average Bonchev–Trinajstić information content (AvgIpc) is 2.85. The van der Waals surface area contributed by atoms with Gasteiger partial charge in [-0.1, -0.05) is 6.07 Å². The minimum Gasteiger partial charge on any atom is -0.485 e. The Morgan fingerprint density at radius 2 is 1.92 bits per heavy atom. The van der Waals surface area contributed by atoms with Gasteiger partial charge in [-0.15, -0.1) is 0 Å². The molecule has 0 saturated carbocycles. The SMILES string of the molecule is CN(C)C(=O)C(CCC=O)N1C(=O)c2cccc(OCC=O)c2C1=O. The van der Waals surface area contributed by atoms with E-state index in [0.717, 1.165) is 4.90 Å². The fourth-order valence-corrected chi connectivity index (χ4v) is 2.69. The largest absolute Gasteiger partial charge is 0.485 e. The highest BCUT2D eigenvalue weighted by Gasteiger charge is 2.44. The minimum atomic E-state index is -1.08. The van der Waals surface area contributed by atoms with Gasteiger partial charge in [0.15, 0.2) is 6.29 Å². The van der Waals surface area contributed by atoms with Gasteiger partial charge in [0.05, 0.1) is 11.1 Å². The summed E-state index contributed by atoms with van der Waals surface area (Å²) in [5.74, 6) is -1.64. The van der Waals surface area contributed by atoms with Gasteiger partial charge in [-0.05, 0) is 18.6 Å². The van der Waals surface area contributed by atoms with Crippen LogP contribution in [0.4, 0.5) is 0 Å². The van der Waals surface area contributed by atoms with E-state index in [1.807, 2.05) is 0 Å². The van der Waals surface area contributed by atoms with Gasteiger partial charge in [0.25, 0.3) is 11.8 Å². The zero-order valence-electron chi connectivity index (χ0n) is 13.9. The zero-order chi connectivity index (χ0) is 18.6. The Morgan fingerprint density at radius 3 is 2.52 bits per heavy atom. The Hall–Kier alpha value is -3.03. The van der Waals surface area contributed by atoms with Gasteiger partial charge in [0.1, 0.15) is 24.7 Å². The van der Waals surface area contributed by atoms with Crippen molar-refractivity contribution in [2.45, 2.75) is 18.9 Å². The summed E-state index contributed by atoms with van der Waals surface area (Å²) < 4.78 is 5.21. The number of hydrogen-bond acceptors (Lipinski definition) is 6. The van der Waals surface area contributed by atoms with Crippen molar-refractivity contribution in [3.63, 3.8) is 0 Å². The van der Waals surface area contributed by atoms with Crippen molar-refractivity contribution in [3.8, 4) is 5.75 Å². The summed E-state index contributed by atoms with van der Waals surface area (Å²) in [7, 11) is 3.01. The summed E-state index contributed by atoms with van der Waals surface area (Å²) in [6, 6.07) is 3.39. The van der Waals surface area contributed by atoms with Crippen LogP contribution < -0.4 is 4.74 Å². The van der Waals surface area contributed by atoms with E-state index < -0.39 is 23.8 Å². The topological polar surface area (TPSA) is 101 Å². The highest BCUT2D eigenvalue weighted by molar-refractivity contribution is 6.24. The van der Waals surface area contributed by atoms with E-state index >= 15 is 0 Å². The summed E-state index contributed by atoms with van der Waals surface area (Å²) in [5, 5.41) is 0. The van der Waals surface area contributed by atoms with Crippen LogP contribution in [0.1, 0.15) is 33.6 Å². The fraction of sp³-hybridized carbons (Fsp3) is 0.353. The molecule has 0 aromatic heterocycles. The lowest BCUT2D eigenvalue weighted by atomic mass is 10.1. The molecule has 3 amide bonds. The standard InChI is InChI=1S/C17H18N2O6/c1-18(2)16(23)12(6-4-8-20)19-15(22)11-5-3-7-13(25-10-9-21)14(11)17(19)24/h3,5,7-9,12H,4,6,10H2,1-2H3. The maximum absolute atomic E-state index is 12.8.